The van der Waals surface area contributed by atoms with Gasteiger partial charge in [0.05, 0.1) is 19.0 Å². The Balaban J connectivity index is 2.00. The van der Waals surface area contributed by atoms with Crippen LogP contribution in [0.25, 0.3) is 0 Å². The monoisotopic (exact) mass is 253 g/mol. The SMILES string of the molecule is CCCn1cc(OCCCCNCC(C)C)cn1. The minimum Gasteiger partial charge on any atom is -0.490 e. The van der Waals surface area contributed by atoms with Crippen LogP contribution >= 0.6 is 0 Å². The summed E-state index contributed by atoms with van der Waals surface area (Å²) in [6.45, 7) is 10.5. The summed E-state index contributed by atoms with van der Waals surface area (Å²) in [5.41, 5.74) is 0. The number of ether oxygens (including phenoxy) is 1. The zero-order valence-electron chi connectivity index (χ0n) is 12.0. The van der Waals surface area contributed by atoms with Gasteiger partial charge in [-0.05, 0) is 38.3 Å². The third kappa shape index (κ3) is 6.64. The molecule has 0 saturated carbocycles. The largest absolute Gasteiger partial charge is 0.490 e. The highest BCUT2D eigenvalue weighted by Crippen LogP contribution is 2.09. The van der Waals surface area contributed by atoms with Crippen molar-refractivity contribution in [2.45, 2.75) is 46.6 Å². The molecule has 0 aliphatic carbocycles. The molecular formula is C14H27N3O. The van der Waals surface area contributed by atoms with Crippen LogP contribution in [0.4, 0.5) is 0 Å². The lowest BCUT2D eigenvalue weighted by atomic mass is 10.2. The molecule has 4 nitrogen and oxygen atoms in total. The maximum absolute atomic E-state index is 5.65. The van der Waals surface area contributed by atoms with Gasteiger partial charge in [-0.2, -0.15) is 5.10 Å². The lowest BCUT2D eigenvalue weighted by molar-refractivity contribution is 0.305. The van der Waals surface area contributed by atoms with E-state index in [0.717, 1.165) is 57.2 Å². The minimum absolute atomic E-state index is 0.727. The van der Waals surface area contributed by atoms with Crippen LogP contribution in [-0.2, 0) is 6.54 Å². The molecule has 104 valence electrons. The second-order valence-electron chi connectivity index (χ2n) is 5.09. The average Bonchev–Trinajstić information content (AvgIpc) is 2.76. The van der Waals surface area contributed by atoms with Crippen LogP contribution in [-0.4, -0.2) is 29.5 Å². The Kier molecular flexibility index (Phi) is 7.49. The Morgan fingerprint density at radius 1 is 1.39 bits per heavy atom. The van der Waals surface area contributed by atoms with Crippen molar-refractivity contribution in [3.8, 4) is 5.75 Å². The van der Waals surface area contributed by atoms with Crippen molar-refractivity contribution in [1.82, 2.24) is 15.1 Å². The molecule has 0 spiro atoms. The predicted octanol–water partition coefficient (Wildman–Crippen LogP) is 2.70. The molecule has 0 radical (unpaired) electrons. The zero-order chi connectivity index (χ0) is 13.2. The summed E-state index contributed by atoms with van der Waals surface area (Å²) >= 11 is 0. The molecule has 1 heterocycles. The number of hydrogen-bond acceptors (Lipinski definition) is 3. The molecule has 0 fully saturated rings. The summed E-state index contributed by atoms with van der Waals surface area (Å²) in [6.07, 6.45) is 7.12. The second-order valence-corrected chi connectivity index (χ2v) is 5.09. The molecule has 1 aromatic heterocycles. The van der Waals surface area contributed by atoms with E-state index in [2.05, 4.69) is 31.2 Å². The smallest absolute Gasteiger partial charge is 0.157 e. The topological polar surface area (TPSA) is 39.1 Å². The standard InChI is InChI=1S/C14H27N3O/c1-4-8-17-12-14(11-16-17)18-9-6-5-7-15-10-13(2)3/h11-13,15H,4-10H2,1-3H3. The highest BCUT2D eigenvalue weighted by Gasteiger charge is 1.98. The van der Waals surface area contributed by atoms with Crippen LogP contribution in [0, 0.1) is 5.92 Å². The minimum atomic E-state index is 0.727. The number of unbranched alkanes of at least 4 members (excludes halogenated alkanes) is 1. The molecule has 0 aromatic carbocycles. The van der Waals surface area contributed by atoms with Crippen LogP contribution in [0.5, 0.6) is 5.75 Å². The van der Waals surface area contributed by atoms with E-state index in [1.165, 1.54) is 0 Å². The maximum atomic E-state index is 5.65. The van der Waals surface area contributed by atoms with Crippen LogP contribution < -0.4 is 10.1 Å². The van der Waals surface area contributed by atoms with E-state index in [9.17, 15) is 0 Å². The molecule has 0 atom stereocenters. The molecule has 4 heteroatoms. The summed E-state index contributed by atoms with van der Waals surface area (Å²) in [6, 6.07) is 0. The Morgan fingerprint density at radius 2 is 2.22 bits per heavy atom. The van der Waals surface area contributed by atoms with E-state index in [1.54, 1.807) is 6.20 Å². The lowest BCUT2D eigenvalue weighted by Crippen LogP contribution is -2.21. The van der Waals surface area contributed by atoms with Gasteiger partial charge in [0.15, 0.2) is 5.75 Å². The lowest BCUT2D eigenvalue weighted by Gasteiger charge is -2.07. The van der Waals surface area contributed by atoms with Gasteiger partial charge < -0.3 is 10.1 Å². The molecule has 0 saturated heterocycles. The van der Waals surface area contributed by atoms with Gasteiger partial charge in [0.1, 0.15) is 0 Å². The van der Waals surface area contributed by atoms with Crippen LogP contribution in [0.15, 0.2) is 12.4 Å². The third-order valence-electron chi connectivity index (χ3n) is 2.63. The molecule has 0 aliphatic heterocycles. The molecule has 0 unspecified atom stereocenters. The summed E-state index contributed by atoms with van der Waals surface area (Å²) in [4.78, 5) is 0. The zero-order valence-corrected chi connectivity index (χ0v) is 12.0. The van der Waals surface area contributed by atoms with Crippen molar-refractivity contribution >= 4 is 0 Å². The van der Waals surface area contributed by atoms with Gasteiger partial charge in [-0.3, -0.25) is 4.68 Å². The molecule has 18 heavy (non-hydrogen) atoms. The normalized spacial score (nSPS) is 11.1. The van der Waals surface area contributed by atoms with Gasteiger partial charge >= 0.3 is 0 Å². The second kappa shape index (κ2) is 8.97. The first kappa shape index (κ1) is 15.0. The van der Waals surface area contributed by atoms with E-state index in [0.29, 0.717) is 0 Å². The van der Waals surface area contributed by atoms with Gasteiger partial charge in [-0.15, -0.1) is 0 Å². The Morgan fingerprint density at radius 3 is 2.94 bits per heavy atom. The first-order valence-electron chi connectivity index (χ1n) is 7.08. The van der Waals surface area contributed by atoms with Crippen molar-refractivity contribution in [3.63, 3.8) is 0 Å². The highest BCUT2D eigenvalue weighted by atomic mass is 16.5. The quantitative estimate of drug-likeness (QED) is 0.652. The molecule has 0 aliphatic rings. The van der Waals surface area contributed by atoms with E-state index < -0.39 is 0 Å². The van der Waals surface area contributed by atoms with E-state index in [4.69, 9.17) is 4.74 Å². The molecule has 1 N–H and O–H groups in total. The van der Waals surface area contributed by atoms with Gasteiger partial charge in [0.2, 0.25) is 0 Å². The Labute approximate surface area is 111 Å². The molecular weight excluding hydrogens is 226 g/mol. The molecule has 0 bridgehead atoms. The van der Waals surface area contributed by atoms with Gasteiger partial charge in [0, 0.05) is 6.54 Å². The fraction of sp³-hybridized carbons (Fsp3) is 0.786. The van der Waals surface area contributed by atoms with E-state index in [-0.39, 0.29) is 0 Å². The Bertz CT molecular complexity index is 310. The maximum Gasteiger partial charge on any atom is 0.157 e. The molecule has 1 aromatic rings. The number of hydrogen-bond donors (Lipinski definition) is 1. The number of rotatable bonds is 10. The van der Waals surface area contributed by atoms with Gasteiger partial charge in [0.25, 0.3) is 0 Å². The third-order valence-corrected chi connectivity index (χ3v) is 2.63. The predicted molar refractivity (Wildman–Crippen MR) is 75.0 cm³/mol. The summed E-state index contributed by atoms with van der Waals surface area (Å²) in [7, 11) is 0. The van der Waals surface area contributed by atoms with E-state index >= 15 is 0 Å². The van der Waals surface area contributed by atoms with Crippen LogP contribution in [0.3, 0.4) is 0 Å². The van der Waals surface area contributed by atoms with Crippen molar-refractivity contribution < 1.29 is 4.74 Å². The van der Waals surface area contributed by atoms with Crippen LogP contribution in [0.2, 0.25) is 0 Å². The first-order chi connectivity index (χ1) is 8.72. The fourth-order valence-corrected chi connectivity index (χ4v) is 1.70. The van der Waals surface area contributed by atoms with Crippen molar-refractivity contribution in [3.05, 3.63) is 12.4 Å². The Hall–Kier alpha value is -1.03. The van der Waals surface area contributed by atoms with Crippen molar-refractivity contribution in [2.24, 2.45) is 5.92 Å². The average molecular weight is 253 g/mol. The summed E-state index contributed by atoms with van der Waals surface area (Å²) in [5, 5.41) is 7.67. The molecule has 1 rings (SSSR count). The van der Waals surface area contributed by atoms with Gasteiger partial charge in [-0.25, -0.2) is 0 Å². The number of nitrogens with zero attached hydrogens (tertiary/aromatic N) is 2. The first-order valence-corrected chi connectivity index (χ1v) is 7.08. The number of nitrogens with one attached hydrogen (secondary N) is 1. The molecule has 0 amide bonds. The van der Waals surface area contributed by atoms with Gasteiger partial charge in [-0.1, -0.05) is 20.8 Å². The number of aryl methyl sites for hydroxylation is 1. The van der Waals surface area contributed by atoms with Crippen LogP contribution in [0.1, 0.15) is 40.0 Å². The van der Waals surface area contributed by atoms with Crippen molar-refractivity contribution in [1.29, 1.82) is 0 Å². The number of aromatic nitrogens is 2. The van der Waals surface area contributed by atoms with Crippen molar-refractivity contribution in [2.75, 3.05) is 19.7 Å². The summed E-state index contributed by atoms with van der Waals surface area (Å²) < 4.78 is 7.58. The highest BCUT2D eigenvalue weighted by molar-refractivity contribution is 5.11. The fourth-order valence-electron chi connectivity index (χ4n) is 1.70. The summed E-state index contributed by atoms with van der Waals surface area (Å²) in [5.74, 6) is 1.62. The van der Waals surface area contributed by atoms with E-state index in [1.807, 2.05) is 10.9 Å².